The van der Waals surface area contributed by atoms with Crippen LogP contribution in [0.4, 0.5) is 0 Å². The molecule has 0 aliphatic heterocycles. The minimum Gasteiger partial charge on any atom is -0.278 e. The second-order valence-corrected chi connectivity index (χ2v) is 4.64. The molecule has 3 nitrogen and oxygen atoms in total. The van der Waals surface area contributed by atoms with E-state index in [2.05, 4.69) is 36.0 Å². The van der Waals surface area contributed by atoms with E-state index in [1.54, 1.807) is 12.4 Å². The number of hydrogen-bond acceptors (Lipinski definition) is 2. The van der Waals surface area contributed by atoms with E-state index >= 15 is 0 Å². The predicted octanol–water partition coefficient (Wildman–Crippen LogP) is 2.77. The van der Waals surface area contributed by atoms with Gasteiger partial charge in [-0.2, -0.15) is 5.10 Å². The van der Waals surface area contributed by atoms with Crippen LogP contribution < -0.4 is 0 Å². The minimum absolute atomic E-state index is 0.103. The van der Waals surface area contributed by atoms with E-state index in [0.717, 1.165) is 11.3 Å². The van der Waals surface area contributed by atoms with Gasteiger partial charge in [0.15, 0.2) is 0 Å². The van der Waals surface area contributed by atoms with E-state index in [0.29, 0.717) is 0 Å². The maximum atomic E-state index is 4.12. The van der Waals surface area contributed by atoms with E-state index in [1.165, 1.54) is 5.56 Å². The lowest BCUT2D eigenvalue weighted by molar-refractivity contribution is 0.592. The third-order valence-electron chi connectivity index (χ3n) is 2.42. The van der Waals surface area contributed by atoms with E-state index in [9.17, 15) is 0 Å². The molecule has 2 rings (SSSR count). The molecule has 0 fully saturated rings. The zero-order chi connectivity index (χ0) is 10.9. The number of pyridine rings is 1. The summed E-state index contributed by atoms with van der Waals surface area (Å²) in [5, 5.41) is 7.17. The summed E-state index contributed by atoms with van der Waals surface area (Å²) >= 11 is 0. The SMILES string of the molecule is CC(C)(C)c1cn[nH]c1-c1ccncc1. The first-order chi connectivity index (χ1) is 7.09. The standard InChI is InChI=1S/C12H15N3/c1-12(2,3)10-8-14-15-11(10)9-4-6-13-7-5-9/h4-8H,1-3H3,(H,14,15). The van der Waals surface area contributed by atoms with Gasteiger partial charge in [0.2, 0.25) is 0 Å². The molecule has 0 spiro atoms. The number of H-pyrrole nitrogens is 1. The molecule has 0 aromatic carbocycles. The van der Waals surface area contributed by atoms with Crippen molar-refractivity contribution in [3.8, 4) is 11.3 Å². The van der Waals surface area contributed by atoms with Gasteiger partial charge in [-0.25, -0.2) is 0 Å². The van der Waals surface area contributed by atoms with Crippen LogP contribution >= 0.6 is 0 Å². The van der Waals surface area contributed by atoms with Gasteiger partial charge in [-0.3, -0.25) is 10.1 Å². The summed E-state index contributed by atoms with van der Waals surface area (Å²) in [5.41, 5.74) is 3.55. The minimum atomic E-state index is 0.103. The van der Waals surface area contributed by atoms with Crippen LogP contribution in [0, 0.1) is 0 Å². The van der Waals surface area contributed by atoms with Gasteiger partial charge >= 0.3 is 0 Å². The molecule has 2 heterocycles. The Morgan fingerprint density at radius 3 is 2.40 bits per heavy atom. The van der Waals surface area contributed by atoms with Crippen LogP contribution in [0.5, 0.6) is 0 Å². The lowest BCUT2D eigenvalue weighted by atomic mass is 9.86. The molecule has 2 aromatic heterocycles. The summed E-state index contributed by atoms with van der Waals surface area (Å²) in [5.74, 6) is 0. The monoisotopic (exact) mass is 201 g/mol. The molecular formula is C12H15N3. The quantitative estimate of drug-likeness (QED) is 0.770. The average molecular weight is 201 g/mol. The predicted molar refractivity (Wildman–Crippen MR) is 60.5 cm³/mol. The molecule has 0 aliphatic carbocycles. The molecule has 0 aliphatic rings. The average Bonchev–Trinajstić information content (AvgIpc) is 2.67. The number of nitrogens with zero attached hydrogens (tertiary/aromatic N) is 2. The van der Waals surface area contributed by atoms with Crippen LogP contribution in [0.25, 0.3) is 11.3 Å². The Hall–Kier alpha value is -1.64. The van der Waals surface area contributed by atoms with Crippen molar-refractivity contribution in [2.24, 2.45) is 0 Å². The third-order valence-corrected chi connectivity index (χ3v) is 2.42. The Kier molecular flexibility index (Phi) is 2.31. The highest BCUT2D eigenvalue weighted by Crippen LogP contribution is 2.30. The molecule has 1 N–H and O–H groups in total. The normalized spacial score (nSPS) is 11.7. The van der Waals surface area contributed by atoms with E-state index in [1.807, 2.05) is 18.3 Å². The first-order valence-electron chi connectivity index (χ1n) is 5.03. The van der Waals surface area contributed by atoms with Crippen molar-refractivity contribution >= 4 is 0 Å². The molecule has 0 atom stereocenters. The molecule has 15 heavy (non-hydrogen) atoms. The molecule has 0 bridgehead atoms. The van der Waals surface area contributed by atoms with Gasteiger partial charge in [-0.1, -0.05) is 20.8 Å². The highest BCUT2D eigenvalue weighted by molar-refractivity contribution is 5.63. The lowest BCUT2D eigenvalue weighted by Crippen LogP contribution is -2.11. The van der Waals surface area contributed by atoms with Crippen molar-refractivity contribution in [1.82, 2.24) is 15.2 Å². The molecule has 0 radical (unpaired) electrons. The fourth-order valence-corrected chi connectivity index (χ4v) is 1.59. The number of nitrogens with one attached hydrogen (secondary N) is 1. The summed E-state index contributed by atoms with van der Waals surface area (Å²) in [4.78, 5) is 4.01. The molecule has 0 saturated heterocycles. The number of aromatic nitrogens is 3. The highest BCUT2D eigenvalue weighted by atomic mass is 15.1. The smallest absolute Gasteiger partial charge is 0.0688 e. The lowest BCUT2D eigenvalue weighted by Gasteiger charge is -2.18. The van der Waals surface area contributed by atoms with E-state index < -0.39 is 0 Å². The fraction of sp³-hybridized carbons (Fsp3) is 0.333. The maximum absolute atomic E-state index is 4.12. The summed E-state index contributed by atoms with van der Waals surface area (Å²) in [6, 6.07) is 3.98. The number of hydrogen-bond donors (Lipinski definition) is 1. The van der Waals surface area contributed by atoms with Crippen molar-refractivity contribution in [2.75, 3.05) is 0 Å². The van der Waals surface area contributed by atoms with Crippen LogP contribution in [0.2, 0.25) is 0 Å². The zero-order valence-corrected chi connectivity index (χ0v) is 9.28. The molecule has 3 heteroatoms. The van der Waals surface area contributed by atoms with Gasteiger partial charge in [-0.05, 0) is 17.5 Å². The van der Waals surface area contributed by atoms with Gasteiger partial charge in [0.25, 0.3) is 0 Å². The van der Waals surface area contributed by atoms with Crippen LogP contribution in [0.15, 0.2) is 30.7 Å². The zero-order valence-electron chi connectivity index (χ0n) is 9.28. The van der Waals surface area contributed by atoms with Gasteiger partial charge in [0.05, 0.1) is 11.9 Å². The summed E-state index contributed by atoms with van der Waals surface area (Å²) in [6.07, 6.45) is 5.49. The van der Waals surface area contributed by atoms with Gasteiger partial charge < -0.3 is 0 Å². The van der Waals surface area contributed by atoms with Gasteiger partial charge in [0, 0.05) is 23.5 Å². The number of aromatic amines is 1. The van der Waals surface area contributed by atoms with Gasteiger partial charge in [0.1, 0.15) is 0 Å². The van der Waals surface area contributed by atoms with Crippen LogP contribution in [-0.4, -0.2) is 15.2 Å². The van der Waals surface area contributed by atoms with Crippen LogP contribution in [-0.2, 0) is 5.41 Å². The first-order valence-corrected chi connectivity index (χ1v) is 5.03. The molecule has 78 valence electrons. The van der Waals surface area contributed by atoms with Crippen molar-refractivity contribution in [2.45, 2.75) is 26.2 Å². The van der Waals surface area contributed by atoms with Crippen LogP contribution in [0.3, 0.4) is 0 Å². The van der Waals surface area contributed by atoms with Crippen molar-refractivity contribution in [3.05, 3.63) is 36.3 Å². The molecule has 0 unspecified atom stereocenters. The highest BCUT2D eigenvalue weighted by Gasteiger charge is 2.20. The third kappa shape index (κ3) is 1.91. The fourth-order valence-electron chi connectivity index (χ4n) is 1.59. The van der Waals surface area contributed by atoms with Crippen molar-refractivity contribution < 1.29 is 0 Å². The van der Waals surface area contributed by atoms with Crippen LogP contribution in [0.1, 0.15) is 26.3 Å². The maximum Gasteiger partial charge on any atom is 0.0688 e. The Balaban J connectivity index is 2.51. The molecule has 0 saturated carbocycles. The summed E-state index contributed by atoms with van der Waals surface area (Å²) in [6.45, 7) is 6.55. The Morgan fingerprint density at radius 2 is 1.80 bits per heavy atom. The molecular weight excluding hydrogens is 186 g/mol. The van der Waals surface area contributed by atoms with E-state index in [4.69, 9.17) is 0 Å². The Bertz CT molecular complexity index is 437. The van der Waals surface area contributed by atoms with Crippen molar-refractivity contribution in [3.63, 3.8) is 0 Å². The number of rotatable bonds is 1. The second kappa shape index (κ2) is 3.50. The summed E-state index contributed by atoms with van der Waals surface area (Å²) in [7, 11) is 0. The Labute approximate surface area is 89.6 Å². The molecule has 0 amide bonds. The largest absolute Gasteiger partial charge is 0.278 e. The second-order valence-electron chi connectivity index (χ2n) is 4.64. The Morgan fingerprint density at radius 1 is 1.13 bits per heavy atom. The summed E-state index contributed by atoms with van der Waals surface area (Å²) < 4.78 is 0. The first kappa shape index (κ1) is 9.90. The van der Waals surface area contributed by atoms with E-state index in [-0.39, 0.29) is 5.41 Å². The topological polar surface area (TPSA) is 41.6 Å². The molecule has 2 aromatic rings. The van der Waals surface area contributed by atoms with Crippen molar-refractivity contribution in [1.29, 1.82) is 0 Å². The van der Waals surface area contributed by atoms with Gasteiger partial charge in [-0.15, -0.1) is 0 Å².